The molecule has 3 heteroatoms. The molecule has 0 aliphatic carbocycles. The molecule has 0 amide bonds. The summed E-state index contributed by atoms with van der Waals surface area (Å²) >= 11 is 0. The highest BCUT2D eigenvalue weighted by molar-refractivity contribution is 5.85. The first kappa shape index (κ1) is 7.72. The summed E-state index contributed by atoms with van der Waals surface area (Å²) in [4.78, 5) is 0. The van der Waals surface area contributed by atoms with Gasteiger partial charge >= 0.3 is 0 Å². The van der Waals surface area contributed by atoms with Crippen LogP contribution in [-0.4, -0.2) is 13.3 Å². The molecule has 1 rings (SSSR count). The highest BCUT2D eigenvalue weighted by atomic mass is 19.1. The minimum absolute atomic E-state index is 0.292. The lowest BCUT2D eigenvalue weighted by molar-refractivity contribution is 0.628. The normalized spacial score (nSPS) is 9.27. The summed E-state index contributed by atoms with van der Waals surface area (Å²) in [6.07, 6.45) is 1.19. The van der Waals surface area contributed by atoms with Gasteiger partial charge in [0, 0.05) is 24.5 Å². The number of hydrogen-bond donors (Lipinski definition) is 2. The van der Waals surface area contributed by atoms with Crippen LogP contribution in [-0.2, 0) is 0 Å². The van der Waals surface area contributed by atoms with E-state index in [4.69, 9.17) is 5.41 Å². The maximum absolute atomic E-state index is 12.6. The zero-order valence-corrected chi connectivity index (χ0v) is 6.19. The van der Waals surface area contributed by atoms with Gasteiger partial charge in [0.05, 0.1) is 0 Å². The highest BCUT2D eigenvalue weighted by Crippen LogP contribution is 2.13. The Morgan fingerprint density at radius 1 is 1.55 bits per heavy atom. The molecule has 1 aromatic rings. The molecule has 11 heavy (non-hydrogen) atoms. The molecule has 0 saturated carbocycles. The Balaban J connectivity index is 3.16. The van der Waals surface area contributed by atoms with Crippen molar-refractivity contribution in [3.05, 3.63) is 29.6 Å². The summed E-state index contributed by atoms with van der Waals surface area (Å²) in [7, 11) is 1.70. The topological polar surface area (TPSA) is 35.9 Å². The van der Waals surface area contributed by atoms with Crippen molar-refractivity contribution in [1.29, 1.82) is 5.41 Å². The van der Waals surface area contributed by atoms with Gasteiger partial charge in [-0.2, -0.15) is 0 Å². The van der Waals surface area contributed by atoms with Crippen LogP contribution in [0, 0.1) is 11.2 Å². The van der Waals surface area contributed by atoms with E-state index in [-0.39, 0.29) is 5.82 Å². The van der Waals surface area contributed by atoms with Crippen LogP contribution in [0.15, 0.2) is 18.2 Å². The number of benzene rings is 1. The average molecular weight is 152 g/mol. The highest BCUT2D eigenvalue weighted by Gasteiger charge is 1.98. The van der Waals surface area contributed by atoms with Gasteiger partial charge < -0.3 is 10.7 Å². The average Bonchev–Trinajstić information content (AvgIpc) is 2.04. The zero-order valence-electron chi connectivity index (χ0n) is 6.19. The molecule has 2 N–H and O–H groups in total. The Hall–Kier alpha value is -1.38. The van der Waals surface area contributed by atoms with Gasteiger partial charge in [-0.3, -0.25) is 0 Å². The molecule has 0 aliphatic heterocycles. The minimum atomic E-state index is -0.292. The molecule has 0 fully saturated rings. The van der Waals surface area contributed by atoms with Gasteiger partial charge in [-0.15, -0.1) is 0 Å². The van der Waals surface area contributed by atoms with Gasteiger partial charge in [0.2, 0.25) is 0 Å². The summed E-state index contributed by atoms with van der Waals surface area (Å²) in [5, 5.41) is 9.77. The van der Waals surface area contributed by atoms with Crippen molar-refractivity contribution in [3.63, 3.8) is 0 Å². The van der Waals surface area contributed by atoms with E-state index in [1.165, 1.54) is 18.3 Å². The van der Waals surface area contributed by atoms with Crippen LogP contribution >= 0.6 is 0 Å². The zero-order chi connectivity index (χ0) is 8.27. The molecule has 0 aromatic heterocycles. The molecule has 58 valence electrons. The van der Waals surface area contributed by atoms with Crippen molar-refractivity contribution in [1.82, 2.24) is 0 Å². The lowest BCUT2D eigenvalue weighted by atomic mass is 10.2. The molecular weight excluding hydrogens is 143 g/mol. The van der Waals surface area contributed by atoms with Crippen molar-refractivity contribution in [3.8, 4) is 0 Å². The number of anilines is 1. The number of hydrogen-bond acceptors (Lipinski definition) is 2. The number of rotatable bonds is 2. The van der Waals surface area contributed by atoms with Crippen LogP contribution in [0.5, 0.6) is 0 Å². The lowest BCUT2D eigenvalue weighted by Crippen LogP contribution is -1.94. The molecule has 0 heterocycles. The second kappa shape index (κ2) is 3.14. The summed E-state index contributed by atoms with van der Waals surface area (Å²) in [5.41, 5.74) is 1.33. The van der Waals surface area contributed by atoms with Gasteiger partial charge in [0.1, 0.15) is 5.82 Å². The SMILES string of the molecule is CNc1cc(F)ccc1C=N. The van der Waals surface area contributed by atoms with E-state index in [0.29, 0.717) is 11.3 Å². The summed E-state index contributed by atoms with van der Waals surface area (Å²) in [5.74, 6) is -0.292. The van der Waals surface area contributed by atoms with Crippen LogP contribution in [0.25, 0.3) is 0 Å². The second-order valence-corrected chi connectivity index (χ2v) is 2.13. The Bertz CT molecular complexity index is 271. The van der Waals surface area contributed by atoms with Gasteiger partial charge in [-0.1, -0.05) is 0 Å². The van der Waals surface area contributed by atoms with Crippen LogP contribution in [0.2, 0.25) is 0 Å². The minimum Gasteiger partial charge on any atom is -0.388 e. The first-order chi connectivity index (χ1) is 5.27. The maximum atomic E-state index is 12.6. The van der Waals surface area contributed by atoms with Gasteiger partial charge in [-0.25, -0.2) is 4.39 Å². The van der Waals surface area contributed by atoms with Crippen molar-refractivity contribution < 1.29 is 4.39 Å². The van der Waals surface area contributed by atoms with Crippen molar-refractivity contribution >= 4 is 11.9 Å². The fourth-order valence-electron chi connectivity index (χ4n) is 0.871. The number of nitrogens with one attached hydrogen (secondary N) is 2. The van der Waals surface area contributed by atoms with E-state index in [2.05, 4.69) is 5.32 Å². The van der Waals surface area contributed by atoms with E-state index in [9.17, 15) is 4.39 Å². The van der Waals surface area contributed by atoms with Gasteiger partial charge in [-0.05, 0) is 18.2 Å². The molecule has 0 bridgehead atoms. The molecule has 0 unspecified atom stereocenters. The van der Waals surface area contributed by atoms with E-state index in [0.717, 1.165) is 0 Å². The number of halogens is 1. The molecule has 0 radical (unpaired) electrons. The molecule has 2 nitrogen and oxygen atoms in total. The third-order valence-electron chi connectivity index (χ3n) is 1.44. The second-order valence-electron chi connectivity index (χ2n) is 2.13. The van der Waals surface area contributed by atoms with Gasteiger partial charge in [0.15, 0.2) is 0 Å². The molecule has 1 aromatic carbocycles. The fourth-order valence-corrected chi connectivity index (χ4v) is 0.871. The molecule has 0 spiro atoms. The van der Waals surface area contributed by atoms with Crippen molar-refractivity contribution in [2.45, 2.75) is 0 Å². The smallest absolute Gasteiger partial charge is 0.125 e. The molecule has 0 atom stereocenters. The Kier molecular flexibility index (Phi) is 2.21. The lowest BCUT2D eigenvalue weighted by Gasteiger charge is -2.02. The van der Waals surface area contributed by atoms with E-state index in [1.54, 1.807) is 13.1 Å². The molecular formula is C8H9FN2. The van der Waals surface area contributed by atoms with E-state index < -0.39 is 0 Å². The van der Waals surface area contributed by atoms with Crippen LogP contribution in [0.1, 0.15) is 5.56 Å². The summed E-state index contributed by atoms with van der Waals surface area (Å²) in [6, 6.07) is 4.26. The Morgan fingerprint density at radius 3 is 2.82 bits per heavy atom. The fraction of sp³-hybridized carbons (Fsp3) is 0.125. The van der Waals surface area contributed by atoms with Crippen molar-refractivity contribution in [2.24, 2.45) is 0 Å². The predicted octanol–water partition coefficient (Wildman–Crippen LogP) is 1.87. The standard InChI is InChI=1S/C8H9FN2/c1-11-8-4-7(9)3-2-6(8)5-10/h2-5,10-11H,1H3. The largest absolute Gasteiger partial charge is 0.388 e. The third kappa shape index (κ3) is 1.55. The monoisotopic (exact) mass is 152 g/mol. The molecule has 0 saturated heterocycles. The van der Waals surface area contributed by atoms with Gasteiger partial charge in [0.25, 0.3) is 0 Å². The third-order valence-corrected chi connectivity index (χ3v) is 1.44. The van der Waals surface area contributed by atoms with Crippen molar-refractivity contribution in [2.75, 3.05) is 12.4 Å². The maximum Gasteiger partial charge on any atom is 0.125 e. The first-order valence-corrected chi connectivity index (χ1v) is 3.25. The molecule has 0 aliphatic rings. The quantitative estimate of drug-likeness (QED) is 0.623. The summed E-state index contributed by atoms with van der Waals surface area (Å²) in [6.45, 7) is 0. The predicted molar refractivity (Wildman–Crippen MR) is 43.8 cm³/mol. The van der Waals surface area contributed by atoms with E-state index >= 15 is 0 Å². The Morgan fingerprint density at radius 2 is 2.27 bits per heavy atom. The Labute approximate surface area is 64.6 Å². The van der Waals surface area contributed by atoms with Crippen LogP contribution in [0.4, 0.5) is 10.1 Å². The van der Waals surface area contributed by atoms with Crippen LogP contribution in [0.3, 0.4) is 0 Å². The first-order valence-electron chi connectivity index (χ1n) is 3.25. The summed E-state index contributed by atoms with van der Waals surface area (Å²) < 4.78 is 12.6. The van der Waals surface area contributed by atoms with Crippen LogP contribution < -0.4 is 5.32 Å². The van der Waals surface area contributed by atoms with E-state index in [1.807, 2.05) is 0 Å².